The molecule has 0 saturated carbocycles. The van der Waals surface area contributed by atoms with Crippen molar-refractivity contribution in [2.75, 3.05) is 0 Å². The van der Waals surface area contributed by atoms with Crippen LogP contribution in [-0.2, 0) is 4.79 Å². The summed E-state index contributed by atoms with van der Waals surface area (Å²) in [6.45, 7) is 7.24. The zero-order chi connectivity index (χ0) is 12.5. The molecule has 1 aliphatic carbocycles. The van der Waals surface area contributed by atoms with E-state index < -0.39 is 6.10 Å². The minimum Gasteiger partial charge on any atom is -0.392 e. The van der Waals surface area contributed by atoms with Crippen molar-refractivity contribution in [1.29, 1.82) is 0 Å². The molecule has 3 atom stereocenters. The van der Waals surface area contributed by atoms with E-state index in [1.807, 2.05) is 26.8 Å². The van der Waals surface area contributed by atoms with Crippen LogP contribution in [0.1, 0.15) is 34.1 Å². The topological polar surface area (TPSA) is 60.8 Å². The van der Waals surface area contributed by atoms with E-state index in [4.69, 9.17) is 0 Å². The van der Waals surface area contributed by atoms with Gasteiger partial charge >= 0.3 is 0 Å². The fraction of sp³-hybridized carbons (Fsp3) is 0.750. The molecular weight excluding hydrogens is 206 g/mol. The fourth-order valence-electron chi connectivity index (χ4n) is 2.00. The molecule has 0 saturated heterocycles. The summed E-state index contributed by atoms with van der Waals surface area (Å²) in [6.07, 6.45) is 3.77. The first-order valence-electron chi connectivity index (χ1n) is 5.58. The van der Waals surface area contributed by atoms with Gasteiger partial charge in [-0.05, 0) is 11.8 Å². The Bertz CT molecular complexity index is 293. The van der Waals surface area contributed by atoms with Crippen LogP contribution < -0.4 is 0 Å². The number of hydrogen-bond donors (Lipinski definition) is 2. The molecule has 0 bridgehead atoms. The number of aliphatic hydroxyl groups is 1. The molecule has 4 nitrogen and oxygen atoms in total. The zero-order valence-corrected chi connectivity index (χ0v) is 10.3. The molecule has 4 heteroatoms. The standard InChI is InChI=1S/C12H21NO3/c1-8(14)13(16)10-6-5-9(7-10)11(15)12(2,3)4/h5-6,9-11,15-16H,7H2,1-4H3/t9-,10?,11?/m1/s1. The van der Waals surface area contributed by atoms with Crippen LogP contribution in [-0.4, -0.2) is 33.4 Å². The summed E-state index contributed by atoms with van der Waals surface area (Å²) in [5.74, 6) is -0.375. The average molecular weight is 227 g/mol. The third kappa shape index (κ3) is 2.83. The Balaban J connectivity index is 2.61. The van der Waals surface area contributed by atoms with E-state index in [1.54, 1.807) is 6.08 Å². The lowest BCUT2D eigenvalue weighted by molar-refractivity contribution is -0.170. The Kier molecular flexibility index (Phi) is 3.76. The highest BCUT2D eigenvalue weighted by molar-refractivity contribution is 5.72. The van der Waals surface area contributed by atoms with Crippen LogP contribution in [0.5, 0.6) is 0 Å². The average Bonchev–Trinajstić information content (AvgIpc) is 2.62. The minimum absolute atomic E-state index is 0.000926. The second kappa shape index (κ2) is 4.55. The molecule has 0 aromatic rings. The van der Waals surface area contributed by atoms with E-state index in [2.05, 4.69) is 0 Å². The second-order valence-electron chi connectivity index (χ2n) is 5.53. The fourth-order valence-corrected chi connectivity index (χ4v) is 2.00. The van der Waals surface area contributed by atoms with E-state index in [1.165, 1.54) is 6.92 Å². The van der Waals surface area contributed by atoms with Gasteiger partial charge in [-0.25, -0.2) is 5.06 Å². The summed E-state index contributed by atoms with van der Waals surface area (Å²) in [5, 5.41) is 20.3. The van der Waals surface area contributed by atoms with Crippen molar-refractivity contribution in [2.24, 2.45) is 11.3 Å². The molecule has 0 fully saturated rings. The van der Waals surface area contributed by atoms with Gasteiger partial charge in [-0.3, -0.25) is 10.0 Å². The number of amides is 1. The van der Waals surface area contributed by atoms with Crippen molar-refractivity contribution in [3.05, 3.63) is 12.2 Å². The number of hydrogen-bond acceptors (Lipinski definition) is 3. The van der Waals surface area contributed by atoms with Crippen molar-refractivity contribution in [3.8, 4) is 0 Å². The lowest BCUT2D eigenvalue weighted by Crippen LogP contribution is -2.37. The summed E-state index contributed by atoms with van der Waals surface area (Å²) >= 11 is 0. The van der Waals surface area contributed by atoms with E-state index in [0.29, 0.717) is 6.42 Å². The molecule has 1 aliphatic rings. The van der Waals surface area contributed by atoms with Crippen LogP contribution in [0, 0.1) is 11.3 Å². The van der Waals surface area contributed by atoms with E-state index in [-0.39, 0.29) is 23.3 Å². The van der Waals surface area contributed by atoms with Crippen LogP contribution in [0.4, 0.5) is 0 Å². The zero-order valence-electron chi connectivity index (χ0n) is 10.3. The van der Waals surface area contributed by atoms with Crippen molar-refractivity contribution in [1.82, 2.24) is 5.06 Å². The number of carbonyl (C=O) groups is 1. The Morgan fingerprint density at radius 3 is 2.44 bits per heavy atom. The Morgan fingerprint density at radius 1 is 1.44 bits per heavy atom. The summed E-state index contributed by atoms with van der Waals surface area (Å²) in [5.41, 5.74) is -0.194. The molecule has 2 N–H and O–H groups in total. The summed E-state index contributed by atoms with van der Waals surface area (Å²) in [4.78, 5) is 11.0. The van der Waals surface area contributed by atoms with Crippen molar-refractivity contribution in [3.63, 3.8) is 0 Å². The molecule has 0 aromatic heterocycles. The Morgan fingerprint density at radius 2 is 2.00 bits per heavy atom. The summed E-state index contributed by atoms with van der Waals surface area (Å²) < 4.78 is 0. The smallest absolute Gasteiger partial charge is 0.243 e. The van der Waals surface area contributed by atoms with Crippen molar-refractivity contribution >= 4 is 5.91 Å². The molecular formula is C12H21NO3. The van der Waals surface area contributed by atoms with E-state index >= 15 is 0 Å². The lowest BCUT2D eigenvalue weighted by atomic mass is 9.81. The molecule has 0 radical (unpaired) electrons. The predicted molar refractivity (Wildman–Crippen MR) is 60.8 cm³/mol. The van der Waals surface area contributed by atoms with Gasteiger partial charge in [0.05, 0.1) is 12.1 Å². The van der Waals surface area contributed by atoms with Gasteiger partial charge in [0, 0.05) is 12.8 Å². The summed E-state index contributed by atoms with van der Waals surface area (Å²) in [6, 6.07) is -0.306. The molecule has 1 rings (SSSR count). The highest BCUT2D eigenvalue weighted by Gasteiger charge is 2.34. The van der Waals surface area contributed by atoms with Crippen LogP contribution in [0.15, 0.2) is 12.2 Å². The molecule has 0 heterocycles. The molecule has 0 spiro atoms. The summed E-state index contributed by atoms with van der Waals surface area (Å²) in [7, 11) is 0. The maximum absolute atomic E-state index is 11.0. The first-order chi connectivity index (χ1) is 7.23. The third-order valence-electron chi connectivity index (χ3n) is 3.02. The van der Waals surface area contributed by atoms with Crippen LogP contribution in [0.2, 0.25) is 0 Å². The van der Waals surface area contributed by atoms with E-state index in [9.17, 15) is 15.1 Å². The van der Waals surface area contributed by atoms with Crippen molar-refractivity contribution < 1.29 is 15.1 Å². The maximum Gasteiger partial charge on any atom is 0.243 e. The first-order valence-corrected chi connectivity index (χ1v) is 5.58. The van der Waals surface area contributed by atoms with Crippen LogP contribution in [0.3, 0.4) is 0 Å². The van der Waals surface area contributed by atoms with Crippen LogP contribution >= 0.6 is 0 Å². The molecule has 1 amide bonds. The Hall–Kier alpha value is -0.870. The second-order valence-corrected chi connectivity index (χ2v) is 5.53. The number of hydroxylamine groups is 2. The largest absolute Gasteiger partial charge is 0.392 e. The SMILES string of the molecule is CC(=O)N(O)C1C=C[C@@H](C(O)C(C)(C)C)C1. The highest BCUT2D eigenvalue weighted by atomic mass is 16.5. The van der Waals surface area contributed by atoms with Gasteiger partial charge in [-0.1, -0.05) is 32.9 Å². The monoisotopic (exact) mass is 227 g/mol. The number of rotatable bonds is 2. The van der Waals surface area contributed by atoms with Gasteiger partial charge < -0.3 is 5.11 Å². The normalized spacial score (nSPS) is 26.9. The lowest BCUT2D eigenvalue weighted by Gasteiger charge is -2.31. The van der Waals surface area contributed by atoms with Gasteiger partial charge in [0.25, 0.3) is 0 Å². The highest BCUT2D eigenvalue weighted by Crippen LogP contribution is 2.33. The molecule has 0 aromatic carbocycles. The molecule has 16 heavy (non-hydrogen) atoms. The Labute approximate surface area is 96.5 Å². The number of aliphatic hydroxyl groups excluding tert-OH is 1. The quantitative estimate of drug-likeness (QED) is 0.428. The van der Waals surface area contributed by atoms with Gasteiger partial charge in [-0.15, -0.1) is 0 Å². The van der Waals surface area contributed by atoms with Gasteiger partial charge in [0.15, 0.2) is 0 Å². The predicted octanol–water partition coefficient (Wildman–Crippen LogP) is 1.58. The molecule has 0 aliphatic heterocycles. The molecule has 92 valence electrons. The van der Waals surface area contributed by atoms with Crippen molar-refractivity contribution in [2.45, 2.75) is 46.3 Å². The van der Waals surface area contributed by atoms with Gasteiger partial charge in [0.2, 0.25) is 5.91 Å². The van der Waals surface area contributed by atoms with Gasteiger partial charge in [-0.2, -0.15) is 0 Å². The third-order valence-corrected chi connectivity index (χ3v) is 3.02. The minimum atomic E-state index is -0.464. The maximum atomic E-state index is 11.0. The van der Waals surface area contributed by atoms with Gasteiger partial charge in [0.1, 0.15) is 0 Å². The number of carbonyl (C=O) groups excluding carboxylic acids is 1. The first kappa shape index (κ1) is 13.2. The number of nitrogens with zero attached hydrogens (tertiary/aromatic N) is 1. The molecule has 2 unspecified atom stereocenters. The van der Waals surface area contributed by atoms with Crippen LogP contribution in [0.25, 0.3) is 0 Å². The van der Waals surface area contributed by atoms with E-state index in [0.717, 1.165) is 5.06 Å².